The van der Waals surface area contributed by atoms with Crippen molar-refractivity contribution in [3.8, 4) is 0 Å². The second kappa shape index (κ2) is 4.19. The van der Waals surface area contributed by atoms with Crippen LogP contribution in [0.1, 0.15) is 25.5 Å². The largest absolute Gasteiger partial charge is 0.374 e. The molecule has 2 rings (SSSR count). The standard InChI is InChI=1S/C11H16NO4P/c1-8(10-6-4-3-5-7-10)12-11(9(2)16-11)17(13,14)15/h3-9,12H,1-2H3,(H2,13,14,15). The number of rotatable bonds is 4. The normalized spacial score (nSPS) is 30.0. The summed E-state index contributed by atoms with van der Waals surface area (Å²) in [5.41, 5.74) is -0.551. The summed E-state index contributed by atoms with van der Waals surface area (Å²) in [4.78, 5) is 18.6. The third-order valence-corrected chi connectivity index (χ3v) is 4.47. The number of hydrogen-bond acceptors (Lipinski definition) is 3. The predicted molar refractivity (Wildman–Crippen MR) is 63.3 cm³/mol. The Bertz CT molecular complexity index is 446. The van der Waals surface area contributed by atoms with Gasteiger partial charge in [-0.25, -0.2) is 0 Å². The molecule has 1 aromatic rings. The van der Waals surface area contributed by atoms with E-state index in [1.807, 2.05) is 37.3 Å². The van der Waals surface area contributed by atoms with Gasteiger partial charge < -0.3 is 14.5 Å². The molecule has 0 radical (unpaired) electrons. The van der Waals surface area contributed by atoms with E-state index in [1.54, 1.807) is 6.92 Å². The van der Waals surface area contributed by atoms with E-state index in [9.17, 15) is 14.4 Å². The van der Waals surface area contributed by atoms with Crippen molar-refractivity contribution in [2.45, 2.75) is 31.5 Å². The minimum atomic E-state index is -4.32. The van der Waals surface area contributed by atoms with Crippen LogP contribution < -0.4 is 5.32 Å². The summed E-state index contributed by atoms with van der Waals surface area (Å²) in [6, 6.07) is 9.28. The molecule has 94 valence electrons. The second-order valence-electron chi connectivity index (χ2n) is 4.28. The van der Waals surface area contributed by atoms with Crippen molar-refractivity contribution in [3.05, 3.63) is 35.9 Å². The molecule has 1 heterocycles. The van der Waals surface area contributed by atoms with Gasteiger partial charge in [-0.1, -0.05) is 30.3 Å². The van der Waals surface area contributed by atoms with Crippen LogP contribution in [0.25, 0.3) is 0 Å². The van der Waals surface area contributed by atoms with Gasteiger partial charge in [-0.15, -0.1) is 0 Å². The lowest BCUT2D eigenvalue weighted by atomic mass is 10.1. The molecule has 0 aliphatic carbocycles. The van der Waals surface area contributed by atoms with E-state index in [2.05, 4.69) is 5.32 Å². The summed E-state index contributed by atoms with van der Waals surface area (Å²) in [5.74, 6) is 0. The van der Waals surface area contributed by atoms with Crippen LogP contribution in [-0.4, -0.2) is 21.4 Å². The molecular formula is C11H16NO4P. The van der Waals surface area contributed by atoms with Crippen molar-refractivity contribution in [3.63, 3.8) is 0 Å². The van der Waals surface area contributed by atoms with E-state index in [4.69, 9.17) is 4.74 Å². The molecule has 5 nitrogen and oxygen atoms in total. The fourth-order valence-corrected chi connectivity index (χ4v) is 3.04. The highest BCUT2D eigenvalue weighted by Gasteiger charge is 2.67. The van der Waals surface area contributed by atoms with Gasteiger partial charge in [0.2, 0.25) is 5.47 Å². The lowest BCUT2D eigenvalue weighted by molar-refractivity contribution is 0.244. The van der Waals surface area contributed by atoms with Gasteiger partial charge in [-0.05, 0) is 19.4 Å². The molecule has 0 bridgehead atoms. The average Bonchev–Trinajstić information content (AvgIpc) is 2.91. The molecule has 0 aromatic heterocycles. The third-order valence-electron chi connectivity index (χ3n) is 3.01. The summed E-state index contributed by atoms with van der Waals surface area (Å²) in [6.45, 7) is 3.49. The van der Waals surface area contributed by atoms with Gasteiger partial charge in [0.15, 0.2) is 0 Å². The van der Waals surface area contributed by atoms with Crippen LogP contribution in [0.15, 0.2) is 30.3 Å². The maximum absolute atomic E-state index is 11.4. The Balaban J connectivity index is 2.14. The van der Waals surface area contributed by atoms with E-state index in [0.717, 1.165) is 5.56 Å². The number of nitrogens with one attached hydrogen (secondary N) is 1. The average molecular weight is 257 g/mol. The van der Waals surface area contributed by atoms with Crippen molar-refractivity contribution < 1.29 is 19.1 Å². The minimum Gasteiger partial charge on any atom is -0.339 e. The van der Waals surface area contributed by atoms with Crippen molar-refractivity contribution in [2.24, 2.45) is 0 Å². The maximum atomic E-state index is 11.4. The molecule has 0 saturated carbocycles. The molecule has 0 spiro atoms. The first kappa shape index (κ1) is 12.7. The highest BCUT2D eigenvalue weighted by Crippen LogP contribution is 2.62. The van der Waals surface area contributed by atoms with Gasteiger partial charge in [0.1, 0.15) is 6.10 Å². The second-order valence-corrected chi connectivity index (χ2v) is 6.03. The quantitative estimate of drug-likeness (QED) is 0.563. The van der Waals surface area contributed by atoms with Crippen LogP contribution in [0, 0.1) is 0 Å². The van der Waals surface area contributed by atoms with Crippen molar-refractivity contribution in [1.29, 1.82) is 0 Å². The molecule has 3 unspecified atom stereocenters. The molecular weight excluding hydrogens is 241 g/mol. The first-order valence-electron chi connectivity index (χ1n) is 5.43. The van der Waals surface area contributed by atoms with Crippen LogP contribution in [0.3, 0.4) is 0 Å². The number of ether oxygens (including phenoxy) is 1. The van der Waals surface area contributed by atoms with Crippen LogP contribution in [-0.2, 0) is 9.30 Å². The molecule has 3 atom stereocenters. The van der Waals surface area contributed by atoms with Crippen molar-refractivity contribution in [2.75, 3.05) is 0 Å². The highest BCUT2D eigenvalue weighted by atomic mass is 31.2. The van der Waals surface area contributed by atoms with Crippen molar-refractivity contribution >= 4 is 7.60 Å². The minimum absolute atomic E-state index is 0.186. The lowest BCUT2D eigenvalue weighted by Gasteiger charge is -2.21. The lowest BCUT2D eigenvalue weighted by Crippen LogP contribution is -2.36. The van der Waals surface area contributed by atoms with Crippen LogP contribution in [0.2, 0.25) is 0 Å². The third kappa shape index (κ3) is 2.30. The Labute approximate surface area is 100.0 Å². The SMILES string of the molecule is CC(NC1(P(=O)(O)O)OC1C)c1ccccc1. The zero-order valence-electron chi connectivity index (χ0n) is 9.70. The molecule has 6 heteroatoms. The molecule has 0 amide bonds. The van der Waals surface area contributed by atoms with Gasteiger partial charge in [0, 0.05) is 6.04 Å². The molecule has 1 saturated heterocycles. The zero-order valence-corrected chi connectivity index (χ0v) is 10.6. The first-order valence-corrected chi connectivity index (χ1v) is 7.04. The Morgan fingerprint density at radius 3 is 2.35 bits per heavy atom. The van der Waals surface area contributed by atoms with E-state index in [-0.39, 0.29) is 6.04 Å². The summed E-state index contributed by atoms with van der Waals surface area (Å²) in [5, 5.41) is 2.89. The molecule has 1 fully saturated rings. The Morgan fingerprint density at radius 1 is 1.41 bits per heavy atom. The first-order chi connectivity index (χ1) is 7.87. The summed E-state index contributed by atoms with van der Waals surface area (Å²) >= 11 is 0. The Kier molecular flexibility index (Phi) is 3.14. The van der Waals surface area contributed by atoms with Crippen LogP contribution in [0.5, 0.6) is 0 Å². The van der Waals surface area contributed by atoms with Gasteiger partial charge in [0.25, 0.3) is 0 Å². The molecule has 17 heavy (non-hydrogen) atoms. The summed E-state index contributed by atoms with van der Waals surface area (Å²) in [7, 11) is -4.32. The fraction of sp³-hybridized carbons (Fsp3) is 0.455. The molecule has 1 aromatic carbocycles. The van der Waals surface area contributed by atoms with E-state index >= 15 is 0 Å². The fourth-order valence-electron chi connectivity index (χ4n) is 1.91. The van der Waals surface area contributed by atoms with Crippen LogP contribution >= 0.6 is 7.60 Å². The zero-order chi connectivity index (χ0) is 12.7. The van der Waals surface area contributed by atoms with Gasteiger partial charge in [-0.2, -0.15) is 0 Å². The van der Waals surface area contributed by atoms with Gasteiger partial charge in [-0.3, -0.25) is 9.88 Å². The summed E-state index contributed by atoms with van der Waals surface area (Å²) < 4.78 is 16.5. The van der Waals surface area contributed by atoms with E-state index in [0.29, 0.717) is 0 Å². The van der Waals surface area contributed by atoms with Crippen LogP contribution in [0.4, 0.5) is 0 Å². The number of epoxide rings is 1. The van der Waals surface area contributed by atoms with Gasteiger partial charge in [0.05, 0.1) is 0 Å². The number of hydrogen-bond donors (Lipinski definition) is 3. The predicted octanol–water partition coefficient (Wildman–Crippen LogP) is 1.59. The molecule has 3 N–H and O–H groups in total. The smallest absolute Gasteiger partial charge is 0.339 e. The summed E-state index contributed by atoms with van der Waals surface area (Å²) in [6.07, 6.45) is -0.477. The van der Waals surface area contributed by atoms with E-state index < -0.39 is 19.2 Å². The van der Waals surface area contributed by atoms with E-state index in [1.165, 1.54) is 0 Å². The molecule has 1 aliphatic heterocycles. The maximum Gasteiger partial charge on any atom is 0.374 e. The number of benzene rings is 1. The van der Waals surface area contributed by atoms with Gasteiger partial charge >= 0.3 is 7.60 Å². The monoisotopic (exact) mass is 257 g/mol. The Hall–Kier alpha value is -0.710. The highest BCUT2D eigenvalue weighted by molar-refractivity contribution is 7.53. The topological polar surface area (TPSA) is 82.1 Å². The van der Waals surface area contributed by atoms with Crippen molar-refractivity contribution in [1.82, 2.24) is 5.32 Å². The molecule has 1 aliphatic rings. The Morgan fingerprint density at radius 2 is 1.94 bits per heavy atom.